The van der Waals surface area contributed by atoms with Crippen molar-refractivity contribution in [2.75, 3.05) is 13.2 Å². The summed E-state index contributed by atoms with van der Waals surface area (Å²) in [5.41, 5.74) is 1.32. The lowest BCUT2D eigenvalue weighted by atomic mass is 10.1. The summed E-state index contributed by atoms with van der Waals surface area (Å²) >= 11 is 0. The van der Waals surface area contributed by atoms with Crippen molar-refractivity contribution < 1.29 is 14.5 Å². The third-order valence-electron chi connectivity index (χ3n) is 3.66. The average molecular weight is 342 g/mol. The Bertz CT molecular complexity index is 731. The van der Waals surface area contributed by atoms with Crippen molar-refractivity contribution >= 4 is 11.6 Å². The molecule has 0 radical (unpaired) electrons. The van der Waals surface area contributed by atoms with Crippen LogP contribution in [-0.4, -0.2) is 24.0 Å². The standard InChI is InChI=1S/C19H22N2O4/c1-2-13-25-18-11-4-3-7-15(18)9-6-12-20-19(22)16-8-5-10-17(14-16)21(23)24/h3-5,7-8,10-11,14H,2,6,9,12-13H2,1H3,(H,20,22). The molecule has 0 fully saturated rings. The van der Waals surface area contributed by atoms with Crippen LogP contribution < -0.4 is 10.1 Å². The second-order valence-electron chi connectivity index (χ2n) is 5.62. The maximum absolute atomic E-state index is 12.1. The minimum absolute atomic E-state index is 0.0883. The number of carbonyl (C=O) groups excluding carboxylic acids is 1. The predicted molar refractivity (Wildman–Crippen MR) is 96.0 cm³/mol. The topological polar surface area (TPSA) is 81.5 Å². The van der Waals surface area contributed by atoms with Gasteiger partial charge in [-0.2, -0.15) is 0 Å². The minimum atomic E-state index is -0.510. The van der Waals surface area contributed by atoms with E-state index in [9.17, 15) is 14.9 Å². The van der Waals surface area contributed by atoms with Gasteiger partial charge in [-0.1, -0.05) is 31.2 Å². The highest BCUT2D eigenvalue weighted by atomic mass is 16.6. The number of nitrogens with one attached hydrogen (secondary N) is 1. The van der Waals surface area contributed by atoms with Gasteiger partial charge in [0.15, 0.2) is 0 Å². The number of hydrogen-bond acceptors (Lipinski definition) is 4. The second kappa shape index (κ2) is 9.42. The van der Waals surface area contributed by atoms with Crippen LogP contribution in [0.2, 0.25) is 0 Å². The Hall–Kier alpha value is -2.89. The molecule has 0 bridgehead atoms. The van der Waals surface area contributed by atoms with Crippen molar-refractivity contribution in [3.63, 3.8) is 0 Å². The Balaban J connectivity index is 1.84. The van der Waals surface area contributed by atoms with Crippen LogP contribution in [0, 0.1) is 10.1 Å². The fourth-order valence-electron chi connectivity index (χ4n) is 2.41. The summed E-state index contributed by atoms with van der Waals surface area (Å²) in [7, 11) is 0. The molecule has 2 aromatic carbocycles. The third kappa shape index (κ3) is 5.60. The largest absolute Gasteiger partial charge is 0.493 e. The SMILES string of the molecule is CCCOc1ccccc1CCCNC(=O)c1cccc([N+](=O)[O-])c1. The number of para-hydroxylation sites is 1. The minimum Gasteiger partial charge on any atom is -0.493 e. The number of carbonyl (C=O) groups is 1. The second-order valence-corrected chi connectivity index (χ2v) is 5.62. The van der Waals surface area contributed by atoms with E-state index < -0.39 is 4.92 Å². The predicted octanol–water partition coefficient (Wildman–Crippen LogP) is 3.75. The number of ether oxygens (including phenoxy) is 1. The van der Waals surface area contributed by atoms with Crippen molar-refractivity contribution in [1.29, 1.82) is 0 Å². The molecular weight excluding hydrogens is 320 g/mol. The molecule has 0 saturated heterocycles. The highest BCUT2D eigenvalue weighted by Gasteiger charge is 2.11. The molecule has 0 atom stereocenters. The number of nitro benzene ring substituents is 1. The molecule has 132 valence electrons. The molecule has 0 heterocycles. The van der Waals surface area contributed by atoms with Gasteiger partial charge in [-0.15, -0.1) is 0 Å². The Labute approximate surface area is 147 Å². The first-order valence-corrected chi connectivity index (χ1v) is 8.35. The highest BCUT2D eigenvalue weighted by molar-refractivity contribution is 5.94. The van der Waals surface area contributed by atoms with Gasteiger partial charge in [0.2, 0.25) is 0 Å². The number of amides is 1. The zero-order chi connectivity index (χ0) is 18.1. The average Bonchev–Trinajstić information content (AvgIpc) is 2.64. The molecule has 0 spiro atoms. The third-order valence-corrected chi connectivity index (χ3v) is 3.66. The molecule has 2 aromatic rings. The molecule has 0 aliphatic carbocycles. The lowest BCUT2D eigenvalue weighted by molar-refractivity contribution is -0.384. The van der Waals surface area contributed by atoms with Crippen LogP contribution in [0.15, 0.2) is 48.5 Å². The van der Waals surface area contributed by atoms with Gasteiger partial charge in [0.1, 0.15) is 5.75 Å². The van der Waals surface area contributed by atoms with E-state index in [1.165, 1.54) is 18.2 Å². The van der Waals surface area contributed by atoms with Crippen molar-refractivity contribution in [3.05, 3.63) is 69.8 Å². The van der Waals surface area contributed by atoms with E-state index in [2.05, 4.69) is 12.2 Å². The summed E-state index contributed by atoms with van der Waals surface area (Å²) in [6, 6.07) is 13.6. The first-order valence-electron chi connectivity index (χ1n) is 8.35. The molecule has 2 rings (SSSR count). The number of hydrogen-bond donors (Lipinski definition) is 1. The summed E-state index contributed by atoms with van der Waals surface area (Å²) in [5, 5.41) is 13.6. The van der Waals surface area contributed by atoms with Crippen LogP contribution in [0.5, 0.6) is 5.75 Å². The summed E-state index contributed by atoms with van der Waals surface area (Å²) < 4.78 is 5.72. The van der Waals surface area contributed by atoms with Crippen LogP contribution in [0.3, 0.4) is 0 Å². The van der Waals surface area contributed by atoms with E-state index in [1.54, 1.807) is 6.07 Å². The van der Waals surface area contributed by atoms with Crippen LogP contribution in [0.25, 0.3) is 0 Å². The molecular formula is C19H22N2O4. The summed E-state index contributed by atoms with van der Waals surface area (Å²) in [4.78, 5) is 22.3. The fourth-order valence-corrected chi connectivity index (χ4v) is 2.41. The molecule has 6 heteroatoms. The van der Waals surface area contributed by atoms with Gasteiger partial charge in [-0.25, -0.2) is 0 Å². The smallest absolute Gasteiger partial charge is 0.270 e. The van der Waals surface area contributed by atoms with E-state index >= 15 is 0 Å². The zero-order valence-electron chi connectivity index (χ0n) is 14.2. The van der Waals surface area contributed by atoms with Gasteiger partial charge < -0.3 is 10.1 Å². The molecule has 0 aliphatic heterocycles. The summed E-state index contributed by atoms with van der Waals surface area (Å²) in [6.07, 6.45) is 2.50. The van der Waals surface area contributed by atoms with Crippen molar-refractivity contribution in [1.82, 2.24) is 5.32 Å². The molecule has 0 saturated carbocycles. The number of benzene rings is 2. The van der Waals surface area contributed by atoms with E-state index in [-0.39, 0.29) is 11.6 Å². The number of nitro groups is 1. The van der Waals surface area contributed by atoms with Crippen LogP contribution in [0.1, 0.15) is 35.7 Å². The highest BCUT2D eigenvalue weighted by Crippen LogP contribution is 2.19. The molecule has 25 heavy (non-hydrogen) atoms. The van der Waals surface area contributed by atoms with Gasteiger partial charge in [0, 0.05) is 24.2 Å². The number of nitrogens with zero attached hydrogens (tertiary/aromatic N) is 1. The van der Waals surface area contributed by atoms with Gasteiger partial charge in [-0.05, 0) is 37.0 Å². The summed E-state index contributed by atoms with van der Waals surface area (Å²) in [5.74, 6) is 0.577. The lowest BCUT2D eigenvalue weighted by Crippen LogP contribution is -2.24. The van der Waals surface area contributed by atoms with Gasteiger partial charge in [0.25, 0.3) is 11.6 Å². The normalized spacial score (nSPS) is 10.3. The molecule has 1 amide bonds. The fraction of sp³-hybridized carbons (Fsp3) is 0.316. The monoisotopic (exact) mass is 342 g/mol. The maximum Gasteiger partial charge on any atom is 0.270 e. The van der Waals surface area contributed by atoms with Crippen LogP contribution in [-0.2, 0) is 6.42 Å². The van der Waals surface area contributed by atoms with E-state index in [4.69, 9.17) is 4.74 Å². The molecule has 6 nitrogen and oxygen atoms in total. The van der Waals surface area contributed by atoms with E-state index in [1.807, 2.05) is 24.3 Å². The van der Waals surface area contributed by atoms with Crippen molar-refractivity contribution in [3.8, 4) is 5.75 Å². The van der Waals surface area contributed by atoms with Crippen LogP contribution in [0.4, 0.5) is 5.69 Å². The quantitative estimate of drug-likeness (QED) is 0.427. The van der Waals surface area contributed by atoms with Gasteiger partial charge in [0.05, 0.1) is 11.5 Å². The lowest BCUT2D eigenvalue weighted by Gasteiger charge is -2.11. The Morgan fingerprint density at radius 3 is 2.76 bits per heavy atom. The first-order chi connectivity index (χ1) is 12.1. The number of rotatable bonds is 9. The summed E-state index contributed by atoms with van der Waals surface area (Å²) in [6.45, 7) is 3.23. The van der Waals surface area contributed by atoms with Gasteiger partial charge in [-0.3, -0.25) is 14.9 Å². The Morgan fingerprint density at radius 1 is 1.20 bits per heavy atom. The molecule has 0 unspecified atom stereocenters. The van der Waals surface area contributed by atoms with E-state index in [0.717, 1.165) is 30.6 Å². The van der Waals surface area contributed by atoms with Gasteiger partial charge >= 0.3 is 0 Å². The first kappa shape index (κ1) is 18.4. The molecule has 0 aromatic heterocycles. The molecule has 0 aliphatic rings. The van der Waals surface area contributed by atoms with E-state index in [0.29, 0.717) is 18.7 Å². The number of aryl methyl sites for hydroxylation is 1. The molecule has 1 N–H and O–H groups in total. The maximum atomic E-state index is 12.1. The Kier molecular flexibility index (Phi) is 6.95. The van der Waals surface area contributed by atoms with Crippen molar-refractivity contribution in [2.24, 2.45) is 0 Å². The number of non-ortho nitro benzene ring substituents is 1. The Morgan fingerprint density at radius 2 is 2.00 bits per heavy atom. The zero-order valence-corrected chi connectivity index (χ0v) is 14.2. The van der Waals surface area contributed by atoms with Crippen LogP contribution >= 0.6 is 0 Å². The van der Waals surface area contributed by atoms with Crippen molar-refractivity contribution in [2.45, 2.75) is 26.2 Å².